The zero-order chi connectivity index (χ0) is 13.6. The SMILES string of the molecule is COC(=O)C(C)CS(=O)C(C)C(=O)NC(N)=O. The Labute approximate surface area is 102 Å². The molecule has 3 N–H and O–H groups in total. The standard InChI is InChI=1S/C9H16N2O5S/c1-5(8(13)16-3)4-17(15)6(2)7(12)11-9(10)14/h5-6H,4H2,1-3H3,(H3,10,11,12,14). The molecule has 0 bridgehead atoms. The average molecular weight is 264 g/mol. The molecule has 3 atom stereocenters. The molecule has 0 heterocycles. The quantitative estimate of drug-likeness (QED) is 0.626. The summed E-state index contributed by atoms with van der Waals surface area (Å²) in [4.78, 5) is 32.8. The number of primary amides is 1. The van der Waals surface area contributed by atoms with Gasteiger partial charge in [-0.25, -0.2) is 4.79 Å². The summed E-state index contributed by atoms with van der Waals surface area (Å²) in [6, 6.07) is -1.00. The fourth-order valence-corrected chi connectivity index (χ4v) is 2.22. The van der Waals surface area contributed by atoms with E-state index >= 15 is 0 Å². The minimum Gasteiger partial charge on any atom is -0.469 e. The molecule has 0 aromatic carbocycles. The summed E-state index contributed by atoms with van der Waals surface area (Å²) >= 11 is 0. The van der Waals surface area contributed by atoms with E-state index in [0.717, 1.165) is 0 Å². The minimum atomic E-state index is -1.58. The summed E-state index contributed by atoms with van der Waals surface area (Å²) in [6.45, 7) is 2.93. The Kier molecular flexibility index (Phi) is 6.40. The molecule has 17 heavy (non-hydrogen) atoms. The van der Waals surface area contributed by atoms with E-state index in [9.17, 15) is 18.6 Å². The largest absolute Gasteiger partial charge is 0.469 e. The van der Waals surface area contributed by atoms with Crippen molar-refractivity contribution in [3.05, 3.63) is 0 Å². The molecule has 0 aliphatic heterocycles. The number of nitrogens with two attached hydrogens (primary N) is 1. The van der Waals surface area contributed by atoms with Crippen LogP contribution in [0.1, 0.15) is 13.8 Å². The van der Waals surface area contributed by atoms with Crippen LogP contribution < -0.4 is 11.1 Å². The second-order valence-electron chi connectivity index (χ2n) is 3.47. The Bertz CT molecular complexity index is 344. The molecule has 0 saturated carbocycles. The Balaban J connectivity index is 4.36. The molecule has 7 nitrogen and oxygen atoms in total. The normalized spacial score (nSPS) is 15.5. The Morgan fingerprint density at radius 3 is 2.29 bits per heavy atom. The van der Waals surface area contributed by atoms with E-state index in [4.69, 9.17) is 5.73 Å². The van der Waals surface area contributed by atoms with Crippen LogP contribution in [-0.4, -0.2) is 40.2 Å². The summed E-state index contributed by atoms with van der Waals surface area (Å²) < 4.78 is 16.2. The number of hydrogen-bond donors (Lipinski definition) is 2. The molecule has 0 aromatic rings. The van der Waals surface area contributed by atoms with Crippen LogP contribution in [0.4, 0.5) is 4.79 Å². The highest BCUT2D eigenvalue weighted by Gasteiger charge is 2.25. The van der Waals surface area contributed by atoms with Crippen LogP contribution >= 0.6 is 0 Å². The van der Waals surface area contributed by atoms with Crippen LogP contribution in [0.25, 0.3) is 0 Å². The third kappa shape index (κ3) is 5.43. The predicted molar refractivity (Wildman–Crippen MR) is 61.4 cm³/mol. The van der Waals surface area contributed by atoms with Crippen LogP contribution in [0.5, 0.6) is 0 Å². The van der Waals surface area contributed by atoms with Crippen molar-refractivity contribution in [3.63, 3.8) is 0 Å². The van der Waals surface area contributed by atoms with Crippen LogP contribution in [-0.2, 0) is 25.1 Å². The maximum absolute atomic E-state index is 11.7. The Morgan fingerprint density at radius 1 is 1.35 bits per heavy atom. The van der Waals surface area contributed by atoms with Crippen molar-refractivity contribution in [3.8, 4) is 0 Å². The van der Waals surface area contributed by atoms with Crippen LogP contribution in [0.2, 0.25) is 0 Å². The van der Waals surface area contributed by atoms with Gasteiger partial charge in [-0.2, -0.15) is 0 Å². The summed E-state index contributed by atoms with van der Waals surface area (Å²) in [6.07, 6.45) is 0. The van der Waals surface area contributed by atoms with Crippen LogP contribution in [0.3, 0.4) is 0 Å². The molecule has 0 aromatic heterocycles. The number of methoxy groups -OCH3 is 1. The van der Waals surface area contributed by atoms with Gasteiger partial charge in [0.25, 0.3) is 0 Å². The Hall–Kier alpha value is -1.44. The lowest BCUT2D eigenvalue weighted by Gasteiger charge is -2.13. The van der Waals surface area contributed by atoms with E-state index in [2.05, 4.69) is 4.74 Å². The van der Waals surface area contributed by atoms with Gasteiger partial charge in [0.2, 0.25) is 5.91 Å². The van der Waals surface area contributed by atoms with E-state index < -0.39 is 39.9 Å². The third-order valence-corrected chi connectivity index (χ3v) is 3.86. The molecule has 0 rings (SSSR count). The maximum Gasteiger partial charge on any atom is 0.318 e. The van der Waals surface area contributed by atoms with Gasteiger partial charge in [-0.15, -0.1) is 0 Å². The first kappa shape index (κ1) is 15.6. The van der Waals surface area contributed by atoms with Crippen molar-refractivity contribution >= 4 is 28.7 Å². The zero-order valence-corrected chi connectivity index (χ0v) is 10.7. The second kappa shape index (κ2) is 7.00. The first-order valence-corrected chi connectivity index (χ1v) is 6.23. The average Bonchev–Trinajstić information content (AvgIpc) is 2.25. The zero-order valence-electron chi connectivity index (χ0n) is 9.89. The third-order valence-electron chi connectivity index (χ3n) is 2.03. The molecule has 0 saturated heterocycles. The summed E-state index contributed by atoms with van der Waals surface area (Å²) in [5, 5.41) is 0.909. The monoisotopic (exact) mass is 264 g/mol. The molecule has 0 radical (unpaired) electrons. The highest BCUT2D eigenvalue weighted by Crippen LogP contribution is 2.05. The number of nitrogens with one attached hydrogen (secondary N) is 1. The molecule has 0 fully saturated rings. The van der Waals surface area contributed by atoms with Crippen molar-refractivity contribution in [2.45, 2.75) is 19.1 Å². The Morgan fingerprint density at radius 2 is 1.88 bits per heavy atom. The number of imide groups is 1. The summed E-state index contributed by atoms with van der Waals surface area (Å²) in [5.74, 6) is -1.82. The molecule has 0 spiro atoms. The predicted octanol–water partition coefficient (Wildman–Crippen LogP) is -0.872. The van der Waals surface area contributed by atoms with Gasteiger partial charge in [-0.05, 0) is 6.92 Å². The molecule has 0 aliphatic rings. The number of urea groups is 1. The molecule has 98 valence electrons. The van der Waals surface area contributed by atoms with E-state index in [0.29, 0.717) is 0 Å². The van der Waals surface area contributed by atoms with Gasteiger partial charge < -0.3 is 10.5 Å². The highest BCUT2D eigenvalue weighted by molar-refractivity contribution is 7.86. The van der Waals surface area contributed by atoms with Gasteiger partial charge in [-0.1, -0.05) is 6.92 Å². The number of hydrogen-bond acceptors (Lipinski definition) is 5. The van der Waals surface area contributed by atoms with Gasteiger partial charge in [0.1, 0.15) is 5.25 Å². The van der Waals surface area contributed by atoms with Gasteiger partial charge in [0, 0.05) is 16.6 Å². The van der Waals surface area contributed by atoms with Gasteiger partial charge in [0.15, 0.2) is 0 Å². The first-order valence-electron chi connectivity index (χ1n) is 4.84. The molecule has 3 unspecified atom stereocenters. The van der Waals surface area contributed by atoms with E-state index in [-0.39, 0.29) is 5.75 Å². The van der Waals surface area contributed by atoms with Gasteiger partial charge in [0.05, 0.1) is 13.0 Å². The number of rotatable bonds is 5. The lowest BCUT2D eigenvalue weighted by Crippen LogP contribution is -2.43. The van der Waals surface area contributed by atoms with Crippen LogP contribution in [0.15, 0.2) is 0 Å². The molecule has 0 aliphatic carbocycles. The number of ether oxygens (including phenoxy) is 1. The maximum atomic E-state index is 11.7. The highest BCUT2D eigenvalue weighted by atomic mass is 32.2. The van der Waals surface area contributed by atoms with Gasteiger partial charge in [-0.3, -0.25) is 19.1 Å². The van der Waals surface area contributed by atoms with Crippen molar-refractivity contribution in [2.24, 2.45) is 11.7 Å². The fraction of sp³-hybridized carbons (Fsp3) is 0.667. The number of amides is 3. The van der Waals surface area contributed by atoms with Crippen LogP contribution in [0, 0.1) is 5.92 Å². The van der Waals surface area contributed by atoms with E-state index in [1.807, 2.05) is 5.32 Å². The molecular formula is C9H16N2O5S. The lowest BCUT2D eigenvalue weighted by molar-refractivity contribution is -0.144. The topological polar surface area (TPSA) is 116 Å². The minimum absolute atomic E-state index is 0.0139. The molecule has 3 amide bonds. The molecular weight excluding hydrogens is 248 g/mol. The smallest absolute Gasteiger partial charge is 0.318 e. The van der Waals surface area contributed by atoms with Crippen molar-refractivity contribution in [1.82, 2.24) is 5.32 Å². The number of carbonyl (C=O) groups excluding carboxylic acids is 3. The summed E-state index contributed by atoms with van der Waals surface area (Å²) in [5.41, 5.74) is 4.76. The lowest BCUT2D eigenvalue weighted by atomic mass is 10.2. The van der Waals surface area contributed by atoms with E-state index in [1.54, 1.807) is 6.92 Å². The van der Waals surface area contributed by atoms with E-state index in [1.165, 1.54) is 14.0 Å². The fourth-order valence-electron chi connectivity index (χ4n) is 1.00. The van der Waals surface area contributed by atoms with Gasteiger partial charge >= 0.3 is 12.0 Å². The van der Waals surface area contributed by atoms with Crippen molar-refractivity contribution in [2.75, 3.05) is 12.9 Å². The number of carbonyl (C=O) groups is 3. The van der Waals surface area contributed by atoms with Crippen molar-refractivity contribution < 1.29 is 23.3 Å². The first-order chi connectivity index (χ1) is 7.79. The second-order valence-corrected chi connectivity index (χ2v) is 5.27. The molecule has 8 heteroatoms. The number of esters is 1. The summed E-state index contributed by atoms with van der Waals surface area (Å²) in [7, 11) is -0.357. The van der Waals surface area contributed by atoms with Crippen molar-refractivity contribution in [1.29, 1.82) is 0 Å².